The number of hydrogen-bond donors (Lipinski definition) is 1. The summed E-state index contributed by atoms with van der Waals surface area (Å²) in [6, 6.07) is 0. The number of hydrogen-bond acceptors (Lipinski definition) is 1. The van der Waals surface area contributed by atoms with E-state index in [2.05, 4.69) is 19.9 Å². The Hall–Kier alpha value is -0.300. The zero-order valence-electron chi connectivity index (χ0n) is 8.04. The molecule has 0 saturated heterocycles. The standard InChI is InChI=1S/C10H20O/c1-8(2)6-5-7-10(11)9(3)4/h5,7-11H,6H2,1-4H3/b7-5+. The molecule has 0 aliphatic carbocycles. The smallest absolute Gasteiger partial charge is 0.0743 e. The molecule has 1 nitrogen and oxygen atoms in total. The summed E-state index contributed by atoms with van der Waals surface area (Å²) in [5.74, 6) is 1.02. The molecule has 1 N–H and O–H groups in total. The first-order chi connectivity index (χ1) is 5.04. The van der Waals surface area contributed by atoms with Crippen molar-refractivity contribution in [3.8, 4) is 0 Å². The van der Waals surface area contributed by atoms with E-state index in [1.54, 1.807) is 0 Å². The van der Waals surface area contributed by atoms with Crippen LogP contribution in [-0.4, -0.2) is 11.2 Å². The SMILES string of the molecule is CC(C)C/C=C/C(O)C(C)C. The highest BCUT2D eigenvalue weighted by atomic mass is 16.3. The van der Waals surface area contributed by atoms with Gasteiger partial charge in [0.15, 0.2) is 0 Å². The molecule has 0 fully saturated rings. The summed E-state index contributed by atoms with van der Waals surface area (Å²) in [4.78, 5) is 0. The van der Waals surface area contributed by atoms with Crippen LogP contribution in [0, 0.1) is 11.8 Å². The van der Waals surface area contributed by atoms with E-state index in [0.717, 1.165) is 6.42 Å². The van der Waals surface area contributed by atoms with E-state index in [9.17, 15) is 5.11 Å². The molecule has 0 radical (unpaired) electrons. The molecule has 0 bridgehead atoms. The lowest BCUT2D eigenvalue weighted by Crippen LogP contribution is -2.10. The van der Waals surface area contributed by atoms with Crippen LogP contribution in [-0.2, 0) is 0 Å². The van der Waals surface area contributed by atoms with E-state index in [0.29, 0.717) is 11.8 Å². The van der Waals surface area contributed by atoms with Crippen LogP contribution in [0.4, 0.5) is 0 Å². The van der Waals surface area contributed by atoms with Crippen molar-refractivity contribution in [2.75, 3.05) is 0 Å². The highest BCUT2D eigenvalue weighted by Crippen LogP contribution is 2.05. The van der Waals surface area contributed by atoms with Crippen molar-refractivity contribution in [2.24, 2.45) is 11.8 Å². The van der Waals surface area contributed by atoms with Crippen molar-refractivity contribution in [1.29, 1.82) is 0 Å². The minimum atomic E-state index is -0.270. The lowest BCUT2D eigenvalue weighted by atomic mass is 10.1. The third-order valence-corrected chi connectivity index (χ3v) is 1.62. The maximum Gasteiger partial charge on any atom is 0.0743 e. The summed E-state index contributed by atoms with van der Waals surface area (Å²) < 4.78 is 0. The molecule has 0 saturated carbocycles. The van der Waals surface area contributed by atoms with E-state index in [1.807, 2.05) is 19.9 Å². The van der Waals surface area contributed by atoms with Gasteiger partial charge in [-0.3, -0.25) is 0 Å². The molecule has 0 heterocycles. The summed E-state index contributed by atoms with van der Waals surface area (Å²) in [7, 11) is 0. The average molecular weight is 156 g/mol. The third kappa shape index (κ3) is 6.11. The van der Waals surface area contributed by atoms with Crippen molar-refractivity contribution in [2.45, 2.75) is 40.2 Å². The average Bonchev–Trinajstić information content (AvgIpc) is 1.86. The fraction of sp³-hybridized carbons (Fsp3) is 0.800. The molecule has 1 atom stereocenters. The largest absolute Gasteiger partial charge is 0.389 e. The van der Waals surface area contributed by atoms with Gasteiger partial charge in [-0.1, -0.05) is 39.8 Å². The van der Waals surface area contributed by atoms with Crippen molar-refractivity contribution in [3.05, 3.63) is 12.2 Å². The predicted molar refractivity (Wildman–Crippen MR) is 49.4 cm³/mol. The summed E-state index contributed by atoms with van der Waals surface area (Å²) in [6.07, 6.45) is 4.75. The molecular weight excluding hydrogens is 136 g/mol. The van der Waals surface area contributed by atoms with Crippen molar-refractivity contribution in [1.82, 2.24) is 0 Å². The molecule has 0 aliphatic rings. The van der Waals surface area contributed by atoms with E-state index >= 15 is 0 Å². The van der Waals surface area contributed by atoms with Crippen LogP contribution >= 0.6 is 0 Å². The number of aliphatic hydroxyl groups is 1. The second-order valence-electron chi connectivity index (χ2n) is 3.79. The Kier molecular flexibility index (Phi) is 5.22. The summed E-state index contributed by atoms with van der Waals surface area (Å²) in [6.45, 7) is 8.38. The van der Waals surface area contributed by atoms with Crippen LogP contribution < -0.4 is 0 Å². The van der Waals surface area contributed by atoms with Crippen molar-refractivity contribution < 1.29 is 5.11 Å². The van der Waals surface area contributed by atoms with Crippen LogP contribution in [0.15, 0.2) is 12.2 Å². The van der Waals surface area contributed by atoms with Crippen LogP contribution in [0.25, 0.3) is 0 Å². The van der Waals surface area contributed by atoms with Gasteiger partial charge in [-0.05, 0) is 18.3 Å². The molecule has 66 valence electrons. The Bertz CT molecular complexity index is 114. The Balaban J connectivity index is 3.56. The molecular formula is C10H20O. The molecule has 1 unspecified atom stereocenters. The quantitative estimate of drug-likeness (QED) is 0.620. The highest BCUT2D eigenvalue weighted by molar-refractivity contribution is 4.90. The van der Waals surface area contributed by atoms with Crippen LogP contribution in [0.2, 0.25) is 0 Å². The highest BCUT2D eigenvalue weighted by Gasteiger charge is 2.02. The third-order valence-electron chi connectivity index (χ3n) is 1.62. The molecule has 0 amide bonds. The number of allylic oxidation sites excluding steroid dienone is 1. The number of aliphatic hydroxyl groups excluding tert-OH is 1. The van der Waals surface area contributed by atoms with E-state index in [1.165, 1.54) is 0 Å². The normalized spacial score (nSPS) is 15.2. The fourth-order valence-corrected chi connectivity index (χ4v) is 0.712. The van der Waals surface area contributed by atoms with Gasteiger partial charge in [0.2, 0.25) is 0 Å². The van der Waals surface area contributed by atoms with E-state index in [4.69, 9.17) is 0 Å². The van der Waals surface area contributed by atoms with Gasteiger partial charge in [0.05, 0.1) is 6.10 Å². The zero-order chi connectivity index (χ0) is 8.85. The second-order valence-corrected chi connectivity index (χ2v) is 3.79. The van der Waals surface area contributed by atoms with Gasteiger partial charge >= 0.3 is 0 Å². The van der Waals surface area contributed by atoms with Gasteiger partial charge in [0.1, 0.15) is 0 Å². The summed E-state index contributed by atoms with van der Waals surface area (Å²) >= 11 is 0. The van der Waals surface area contributed by atoms with Crippen LogP contribution in [0.3, 0.4) is 0 Å². The molecule has 0 rings (SSSR count). The minimum absolute atomic E-state index is 0.270. The Labute approximate surface area is 70.1 Å². The van der Waals surface area contributed by atoms with Gasteiger partial charge in [-0.25, -0.2) is 0 Å². The summed E-state index contributed by atoms with van der Waals surface area (Å²) in [5.41, 5.74) is 0. The molecule has 0 aromatic carbocycles. The summed E-state index contributed by atoms with van der Waals surface area (Å²) in [5, 5.41) is 9.35. The van der Waals surface area contributed by atoms with Crippen LogP contribution in [0.1, 0.15) is 34.1 Å². The Morgan fingerprint density at radius 2 is 1.73 bits per heavy atom. The predicted octanol–water partition coefficient (Wildman–Crippen LogP) is 2.61. The first-order valence-electron chi connectivity index (χ1n) is 4.38. The lowest BCUT2D eigenvalue weighted by Gasteiger charge is -2.08. The minimum Gasteiger partial charge on any atom is -0.389 e. The molecule has 0 aromatic heterocycles. The maximum absolute atomic E-state index is 9.35. The van der Waals surface area contributed by atoms with Gasteiger partial charge < -0.3 is 5.11 Å². The van der Waals surface area contributed by atoms with E-state index < -0.39 is 0 Å². The Morgan fingerprint density at radius 1 is 1.18 bits per heavy atom. The monoisotopic (exact) mass is 156 g/mol. The van der Waals surface area contributed by atoms with Gasteiger partial charge in [-0.2, -0.15) is 0 Å². The van der Waals surface area contributed by atoms with Crippen LogP contribution in [0.5, 0.6) is 0 Å². The maximum atomic E-state index is 9.35. The molecule has 0 spiro atoms. The van der Waals surface area contributed by atoms with E-state index in [-0.39, 0.29) is 6.10 Å². The first kappa shape index (κ1) is 10.7. The first-order valence-corrected chi connectivity index (χ1v) is 4.38. The topological polar surface area (TPSA) is 20.2 Å². The molecule has 0 aliphatic heterocycles. The van der Waals surface area contributed by atoms with Gasteiger partial charge in [0, 0.05) is 0 Å². The second kappa shape index (κ2) is 5.36. The number of rotatable bonds is 4. The molecule has 11 heavy (non-hydrogen) atoms. The molecule has 0 aromatic rings. The molecule has 1 heteroatoms. The fourth-order valence-electron chi connectivity index (χ4n) is 0.712. The zero-order valence-corrected chi connectivity index (χ0v) is 8.04. The van der Waals surface area contributed by atoms with Crippen molar-refractivity contribution in [3.63, 3.8) is 0 Å². The lowest BCUT2D eigenvalue weighted by molar-refractivity contribution is 0.172. The van der Waals surface area contributed by atoms with Gasteiger partial charge in [-0.15, -0.1) is 0 Å². The van der Waals surface area contributed by atoms with Gasteiger partial charge in [0.25, 0.3) is 0 Å². The van der Waals surface area contributed by atoms with Crippen molar-refractivity contribution >= 4 is 0 Å². The Morgan fingerprint density at radius 3 is 2.09 bits per heavy atom.